The number of hydrogen-bond donors (Lipinski definition) is 1. The maximum atomic E-state index is 13.2. The highest BCUT2D eigenvalue weighted by atomic mass is 19.3. The highest BCUT2D eigenvalue weighted by Crippen LogP contribution is 2.31. The van der Waals surface area contributed by atoms with Gasteiger partial charge in [-0.15, -0.1) is 0 Å². The molecular weight excluding hydrogens is 215 g/mol. The number of halogens is 3. The summed E-state index contributed by atoms with van der Waals surface area (Å²) >= 11 is 0. The zero-order valence-electron chi connectivity index (χ0n) is 9.43. The van der Waals surface area contributed by atoms with Crippen LogP contribution in [-0.4, -0.2) is 13.0 Å². The van der Waals surface area contributed by atoms with Crippen LogP contribution >= 0.6 is 0 Å². The van der Waals surface area contributed by atoms with Crippen molar-refractivity contribution in [2.45, 2.75) is 32.2 Å². The van der Waals surface area contributed by atoms with Crippen molar-refractivity contribution in [2.75, 3.05) is 6.54 Å². The van der Waals surface area contributed by atoms with Crippen LogP contribution in [0.4, 0.5) is 13.2 Å². The van der Waals surface area contributed by atoms with Gasteiger partial charge in [0.1, 0.15) is 11.4 Å². The zero-order chi connectivity index (χ0) is 12.2. The number of rotatable bonds is 5. The fourth-order valence-electron chi connectivity index (χ4n) is 1.85. The first-order valence-corrected chi connectivity index (χ1v) is 5.36. The van der Waals surface area contributed by atoms with E-state index >= 15 is 0 Å². The van der Waals surface area contributed by atoms with Crippen molar-refractivity contribution in [1.29, 1.82) is 0 Å². The molecule has 0 aliphatic rings. The van der Waals surface area contributed by atoms with Crippen molar-refractivity contribution < 1.29 is 13.2 Å². The van der Waals surface area contributed by atoms with Crippen LogP contribution < -0.4 is 5.32 Å². The van der Waals surface area contributed by atoms with Crippen molar-refractivity contribution in [3.63, 3.8) is 0 Å². The molecule has 90 valence electrons. The molecule has 4 heteroatoms. The predicted molar refractivity (Wildman–Crippen MR) is 58.0 cm³/mol. The van der Waals surface area contributed by atoms with E-state index in [-0.39, 0.29) is 6.42 Å². The highest BCUT2D eigenvalue weighted by Gasteiger charge is 2.39. The van der Waals surface area contributed by atoms with E-state index in [4.69, 9.17) is 0 Å². The van der Waals surface area contributed by atoms with Crippen LogP contribution in [0, 0.1) is 5.82 Å². The van der Waals surface area contributed by atoms with E-state index in [1.165, 1.54) is 24.3 Å². The lowest BCUT2D eigenvalue weighted by molar-refractivity contribution is 0.0253. The van der Waals surface area contributed by atoms with Crippen molar-refractivity contribution in [3.8, 4) is 0 Å². The van der Waals surface area contributed by atoms with Crippen molar-refractivity contribution in [3.05, 3.63) is 35.6 Å². The largest absolute Gasteiger partial charge is 0.303 e. The van der Waals surface area contributed by atoms with Gasteiger partial charge in [-0.05, 0) is 30.7 Å². The molecule has 16 heavy (non-hydrogen) atoms. The second-order valence-corrected chi connectivity index (χ2v) is 3.66. The topological polar surface area (TPSA) is 12.0 Å². The van der Waals surface area contributed by atoms with Crippen LogP contribution in [0.2, 0.25) is 0 Å². The first-order valence-electron chi connectivity index (χ1n) is 5.36. The van der Waals surface area contributed by atoms with Crippen molar-refractivity contribution >= 4 is 0 Å². The molecule has 1 atom stereocenters. The Morgan fingerprint density at radius 2 is 1.75 bits per heavy atom. The summed E-state index contributed by atoms with van der Waals surface area (Å²) in [5, 5.41) is 2.81. The molecule has 0 fully saturated rings. The Hall–Kier alpha value is -1.03. The fourth-order valence-corrected chi connectivity index (χ4v) is 1.85. The Labute approximate surface area is 93.7 Å². The van der Waals surface area contributed by atoms with Crippen LogP contribution in [0.1, 0.15) is 25.8 Å². The Bertz CT molecular complexity index is 324. The fraction of sp³-hybridized carbons (Fsp3) is 0.500. The molecular formula is C12H16F3N. The van der Waals surface area contributed by atoms with Gasteiger partial charge in [-0.3, -0.25) is 0 Å². The molecule has 1 N–H and O–H groups in total. The van der Waals surface area contributed by atoms with Crippen LogP contribution in [0.25, 0.3) is 0 Å². The maximum Gasteiger partial charge on any atom is 0.260 e. The van der Waals surface area contributed by atoms with E-state index in [1.807, 2.05) is 0 Å². The van der Waals surface area contributed by atoms with E-state index in [0.29, 0.717) is 12.1 Å². The Morgan fingerprint density at radius 3 is 2.12 bits per heavy atom. The van der Waals surface area contributed by atoms with Gasteiger partial charge in [0.05, 0.1) is 0 Å². The summed E-state index contributed by atoms with van der Waals surface area (Å²) in [6, 6.07) is 5.24. The summed E-state index contributed by atoms with van der Waals surface area (Å²) in [5.74, 6) is -0.417. The molecule has 1 nitrogen and oxygen atoms in total. The molecule has 0 aromatic heterocycles. The molecule has 0 aliphatic carbocycles. The van der Waals surface area contributed by atoms with Crippen molar-refractivity contribution in [2.24, 2.45) is 0 Å². The Balaban J connectivity index is 3.13. The van der Waals surface area contributed by atoms with Gasteiger partial charge in [0.2, 0.25) is 0 Å². The van der Waals surface area contributed by atoms with Gasteiger partial charge in [-0.25, -0.2) is 13.2 Å². The average molecular weight is 231 g/mol. The van der Waals surface area contributed by atoms with E-state index in [0.717, 1.165) is 0 Å². The third kappa shape index (κ3) is 2.38. The molecule has 1 aromatic carbocycles. The van der Waals surface area contributed by atoms with Crippen molar-refractivity contribution in [1.82, 2.24) is 5.32 Å². The summed E-state index contributed by atoms with van der Waals surface area (Å²) in [4.78, 5) is 0. The Kier molecular flexibility index (Phi) is 4.35. The molecule has 1 aromatic rings. The summed E-state index contributed by atoms with van der Waals surface area (Å²) in [6.07, 6.45) is -2.27. The smallest absolute Gasteiger partial charge is 0.260 e. The van der Waals surface area contributed by atoms with Gasteiger partial charge in [0, 0.05) is 0 Å². The summed E-state index contributed by atoms with van der Waals surface area (Å²) < 4.78 is 39.1. The average Bonchev–Trinajstić information content (AvgIpc) is 2.27. The van der Waals surface area contributed by atoms with Gasteiger partial charge in [-0.2, -0.15) is 0 Å². The van der Waals surface area contributed by atoms with Gasteiger partial charge in [0.15, 0.2) is 0 Å². The number of nitrogens with one attached hydrogen (secondary N) is 1. The molecule has 1 rings (SSSR count). The predicted octanol–water partition coefficient (Wildman–Crippen LogP) is 3.31. The quantitative estimate of drug-likeness (QED) is 0.819. The lowest BCUT2D eigenvalue weighted by Crippen LogP contribution is -2.47. The second kappa shape index (κ2) is 5.34. The normalized spacial score (nSPS) is 15.1. The number of hydrogen-bond acceptors (Lipinski definition) is 1. The minimum absolute atomic E-state index is 0.254. The van der Waals surface area contributed by atoms with Crippen LogP contribution in [0.5, 0.6) is 0 Å². The van der Waals surface area contributed by atoms with Gasteiger partial charge >= 0.3 is 0 Å². The Morgan fingerprint density at radius 1 is 1.19 bits per heavy atom. The summed E-state index contributed by atoms with van der Waals surface area (Å²) in [7, 11) is 0. The third-order valence-corrected chi connectivity index (χ3v) is 2.78. The van der Waals surface area contributed by atoms with Crippen LogP contribution in [-0.2, 0) is 5.54 Å². The molecule has 1 unspecified atom stereocenters. The molecule has 0 saturated carbocycles. The van der Waals surface area contributed by atoms with E-state index in [2.05, 4.69) is 5.32 Å². The van der Waals surface area contributed by atoms with E-state index in [1.54, 1.807) is 13.8 Å². The first-order chi connectivity index (χ1) is 7.56. The number of benzene rings is 1. The molecule has 0 saturated heterocycles. The minimum atomic E-state index is -2.53. The monoisotopic (exact) mass is 231 g/mol. The van der Waals surface area contributed by atoms with Gasteiger partial charge in [0.25, 0.3) is 6.43 Å². The third-order valence-electron chi connectivity index (χ3n) is 2.78. The summed E-state index contributed by atoms with van der Waals surface area (Å²) in [5.41, 5.74) is -0.948. The lowest BCUT2D eigenvalue weighted by atomic mass is 9.87. The standard InChI is InChI=1S/C12H16F3N/c1-3-12(11(14)15,16-4-2)9-5-7-10(13)8-6-9/h5-8,11,16H,3-4H2,1-2H3. The first kappa shape index (κ1) is 13.0. The van der Waals surface area contributed by atoms with Crippen LogP contribution in [0.15, 0.2) is 24.3 Å². The molecule has 0 spiro atoms. The van der Waals surface area contributed by atoms with Gasteiger partial charge in [-0.1, -0.05) is 26.0 Å². The lowest BCUT2D eigenvalue weighted by Gasteiger charge is -2.33. The minimum Gasteiger partial charge on any atom is -0.303 e. The highest BCUT2D eigenvalue weighted by molar-refractivity contribution is 5.26. The SMILES string of the molecule is CCNC(CC)(c1ccc(F)cc1)C(F)F. The van der Waals surface area contributed by atoms with E-state index in [9.17, 15) is 13.2 Å². The molecule has 0 aliphatic heterocycles. The molecule has 0 amide bonds. The molecule has 0 heterocycles. The zero-order valence-corrected chi connectivity index (χ0v) is 9.43. The summed E-state index contributed by atoms with van der Waals surface area (Å²) in [6.45, 7) is 3.91. The molecule has 0 bridgehead atoms. The van der Waals surface area contributed by atoms with E-state index < -0.39 is 17.8 Å². The van der Waals surface area contributed by atoms with Gasteiger partial charge < -0.3 is 5.32 Å². The maximum absolute atomic E-state index is 13.2. The number of alkyl halides is 2. The van der Waals surface area contributed by atoms with Crippen LogP contribution in [0.3, 0.4) is 0 Å². The molecule has 0 radical (unpaired) electrons. The second-order valence-electron chi connectivity index (χ2n) is 3.66.